The average molecular weight is 439 g/mol. The Morgan fingerprint density at radius 3 is 2.60 bits per heavy atom. The number of fused-ring (bicyclic) bond motifs is 1. The van der Waals surface area contributed by atoms with Crippen LogP contribution < -0.4 is 0 Å². The molecule has 1 saturated carbocycles. The Kier molecular flexibility index (Phi) is 5.13. The number of carbonyl (C=O) groups excluding carboxylic acids is 1. The van der Waals surface area contributed by atoms with E-state index in [1.165, 1.54) is 12.8 Å². The number of thioether (sulfide) groups is 1. The Hall–Kier alpha value is -2.22. The Bertz CT molecular complexity index is 1130. The second kappa shape index (κ2) is 7.80. The fourth-order valence-corrected chi connectivity index (χ4v) is 5.49. The van der Waals surface area contributed by atoms with E-state index in [1.807, 2.05) is 48.7 Å². The van der Waals surface area contributed by atoms with Crippen LogP contribution >= 0.6 is 23.5 Å². The number of aliphatic hydroxyl groups is 1. The van der Waals surface area contributed by atoms with Crippen LogP contribution in [0.5, 0.6) is 0 Å². The van der Waals surface area contributed by atoms with Crippen LogP contribution in [-0.4, -0.2) is 26.1 Å². The second-order valence-electron chi connectivity index (χ2n) is 7.94. The van der Waals surface area contributed by atoms with Gasteiger partial charge >= 0.3 is 5.97 Å². The van der Waals surface area contributed by atoms with Gasteiger partial charge in [-0.25, -0.2) is 4.79 Å². The second-order valence-corrected chi connectivity index (χ2v) is 9.35. The number of hydrogen-bond acceptors (Lipinski definition) is 7. The van der Waals surface area contributed by atoms with E-state index < -0.39 is 11.8 Å². The fourth-order valence-electron chi connectivity index (χ4n) is 4.56. The summed E-state index contributed by atoms with van der Waals surface area (Å²) in [5, 5.41) is 11.7. The van der Waals surface area contributed by atoms with E-state index in [0.717, 1.165) is 46.1 Å². The lowest BCUT2D eigenvalue weighted by atomic mass is 9.85. The van der Waals surface area contributed by atoms with Crippen molar-refractivity contribution in [3.8, 4) is 0 Å². The number of carbonyl (C=O) groups is 1. The lowest BCUT2D eigenvalue weighted by Gasteiger charge is -2.27. The molecule has 154 valence electrons. The maximum Gasteiger partial charge on any atom is 0.341 e. The minimum Gasteiger partial charge on any atom is -0.421 e. The normalized spacial score (nSPS) is 22.3. The number of cyclic esters (lactones) is 1. The van der Waals surface area contributed by atoms with Crippen LogP contribution in [0.25, 0.3) is 16.6 Å². The molecule has 1 atom stereocenters. The third-order valence-corrected chi connectivity index (χ3v) is 7.45. The van der Waals surface area contributed by atoms with Crippen LogP contribution in [0.4, 0.5) is 0 Å². The van der Waals surface area contributed by atoms with Crippen molar-refractivity contribution in [1.82, 2.24) is 8.75 Å². The molecule has 30 heavy (non-hydrogen) atoms. The first-order valence-corrected chi connectivity index (χ1v) is 12.1. The molecule has 0 saturated heterocycles. The highest BCUT2D eigenvalue weighted by Gasteiger charge is 2.48. The van der Waals surface area contributed by atoms with Crippen molar-refractivity contribution in [2.75, 3.05) is 6.26 Å². The van der Waals surface area contributed by atoms with E-state index in [1.54, 1.807) is 11.8 Å². The van der Waals surface area contributed by atoms with Crippen molar-refractivity contribution in [2.24, 2.45) is 5.92 Å². The van der Waals surface area contributed by atoms with Crippen LogP contribution in [-0.2, 0) is 15.3 Å². The van der Waals surface area contributed by atoms with Gasteiger partial charge in [-0.05, 0) is 48.4 Å². The zero-order valence-corrected chi connectivity index (χ0v) is 18.3. The first-order chi connectivity index (χ1) is 14.6. The fraction of sp³-hybridized carbons (Fsp3) is 0.348. The van der Waals surface area contributed by atoms with Gasteiger partial charge in [-0.2, -0.15) is 8.75 Å². The maximum absolute atomic E-state index is 13.1. The van der Waals surface area contributed by atoms with E-state index in [4.69, 9.17) is 4.74 Å². The van der Waals surface area contributed by atoms with Gasteiger partial charge in [0.1, 0.15) is 11.0 Å². The Morgan fingerprint density at radius 1 is 1.13 bits per heavy atom. The summed E-state index contributed by atoms with van der Waals surface area (Å²) in [5.41, 5.74) is 4.00. The SMILES string of the molecule is CSc1ccc(C2(O)OC(=O)C(c3ccc4nsnc4c3)=C2CC2CCCC2)cc1. The van der Waals surface area contributed by atoms with Crippen molar-refractivity contribution in [2.45, 2.75) is 42.8 Å². The summed E-state index contributed by atoms with van der Waals surface area (Å²) in [4.78, 5) is 14.2. The molecular formula is C23H22N2O3S2. The summed E-state index contributed by atoms with van der Waals surface area (Å²) in [7, 11) is 0. The number of rotatable bonds is 5. The van der Waals surface area contributed by atoms with Gasteiger partial charge in [0.2, 0.25) is 0 Å². The zero-order valence-electron chi connectivity index (χ0n) is 16.6. The van der Waals surface area contributed by atoms with Crippen LogP contribution in [0, 0.1) is 5.92 Å². The maximum atomic E-state index is 13.1. The summed E-state index contributed by atoms with van der Waals surface area (Å²) in [5.74, 6) is -1.77. The van der Waals surface area contributed by atoms with Crippen molar-refractivity contribution >= 4 is 46.1 Å². The summed E-state index contributed by atoms with van der Waals surface area (Å²) in [6.07, 6.45) is 7.27. The van der Waals surface area contributed by atoms with E-state index in [2.05, 4.69) is 8.75 Å². The molecule has 2 aliphatic rings. The highest BCUT2D eigenvalue weighted by molar-refractivity contribution is 7.98. The summed E-state index contributed by atoms with van der Waals surface area (Å²) >= 11 is 2.78. The highest BCUT2D eigenvalue weighted by Crippen LogP contribution is 2.48. The van der Waals surface area contributed by atoms with Crippen LogP contribution in [0.3, 0.4) is 0 Å². The lowest BCUT2D eigenvalue weighted by Crippen LogP contribution is -2.29. The minimum atomic E-state index is -1.73. The Balaban J connectivity index is 1.65. The molecule has 1 aliphatic carbocycles. The summed E-state index contributed by atoms with van der Waals surface area (Å²) in [6, 6.07) is 13.2. The molecule has 5 nitrogen and oxygen atoms in total. The predicted octanol–water partition coefficient (Wildman–Crippen LogP) is 5.15. The monoisotopic (exact) mass is 438 g/mol. The molecule has 1 aliphatic heterocycles. The predicted molar refractivity (Wildman–Crippen MR) is 119 cm³/mol. The molecule has 2 heterocycles. The van der Waals surface area contributed by atoms with Gasteiger partial charge in [0.15, 0.2) is 0 Å². The lowest BCUT2D eigenvalue weighted by molar-refractivity contribution is -0.185. The van der Waals surface area contributed by atoms with Crippen molar-refractivity contribution in [1.29, 1.82) is 0 Å². The topological polar surface area (TPSA) is 72.3 Å². The molecule has 1 aromatic heterocycles. The molecule has 1 unspecified atom stereocenters. The molecule has 0 radical (unpaired) electrons. The molecule has 1 N–H and O–H groups in total. The number of aromatic nitrogens is 2. The molecule has 0 amide bonds. The molecule has 0 spiro atoms. The number of nitrogens with zero attached hydrogens (tertiary/aromatic N) is 2. The molecule has 2 aromatic carbocycles. The van der Waals surface area contributed by atoms with E-state index in [0.29, 0.717) is 29.0 Å². The minimum absolute atomic E-state index is 0.450. The van der Waals surface area contributed by atoms with Crippen molar-refractivity contribution in [3.05, 3.63) is 59.2 Å². The number of ether oxygens (including phenoxy) is 1. The molecule has 5 rings (SSSR count). The molecule has 7 heteroatoms. The van der Waals surface area contributed by atoms with Crippen molar-refractivity contribution < 1.29 is 14.6 Å². The van der Waals surface area contributed by atoms with E-state index in [-0.39, 0.29) is 0 Å². The third kappa shape index (κ3) is 3.35. The van der Waals surface area contributed by atoms with Crippen LogP contribution in [0.1, 0.15) is 43.2 Å². The Morgan fingerprint density at radius 2 is 1.87 bits per heavy atom. The number of hydrogen-bond donors (Lipinski definition) is 1. The van der Waals surface area contributed by atoms with Gasteiger partial charge in [0.05, 0.1) is 17.3 Å². The van der Waals surface area contributed by atoms with Gasteiger partial charge in [-0.3, -0.25) is 0 Å². The van der Waals surface area contributed by atoms with Gasteiger partial charge < -0.3 is 9.84 Å². The number of benzene rings is 2. The smallest absolute Gasteiger partial charge is 0.341 e. The van der Waals surface area contributed by atoms with E-state index >= 15 is 0 Å². The molecule has 1 fully saturated rings. The molecule has 3 aromatic rings. The van der Waals surface area contributed by atoms with Gasteiger partial charge in [0.25, 0.3) is 5.79 Å². The third-order valence-electron chi connectivity index (χ3n) is 6.15. The van der Waals surface area contributed by atoms with Gasteiger partial charge in [-0.1, -0.05) is 43.9 Å². The quantitative estimate of drug-likeness (QED) is 0.439. The largest absolute Gasteiger partial charge is 0.421 e. The van der Waals surface area contributed by atoms with Crippen molar-refractivity contribution in [3.63, 3.8) is 0 Å². The standard InChI is InChI=1S/C23H22N2O3S2/c1-29-17-9-7-16(8-10-17)23(27)18(12-14-4-2-3-5-14)21(22(26)28-23)15-6-11-19-20(13-15)25-30-24-19/h6-11,13-14,27H,2-5,12H2,1H3. The van der Waals surface area contributed by atoms with Gasteiger partial charge in [0, 0.05) is 16.0 Å². The first-order valence-electron chi connectivity index (χ1n) is 10.1. The summed E-state index contributed by atoms with van der Waals surface area (Å²) < 4.78 is 14.3. The first kappa shape index (κ1) is 19.7. The average Bonchev–Trinajstić information content (AvgIpc) is 3.49. The van der Waals surface area contributed by atoms with Crippen LogP contribution in [0.2, 0.25) is 0 Å². The Labute approximate surface area is 183 Å². The van der Waals surface area contributed by atoms with Gasteiger partial charge in [-0.15, -0.1) is 11.8 Å². The van der Waals surface area contributed by atoms with E-state index in [9.17, 15) is 9.90 Å². The molecular weight excluding hydrogens is 416 g/mol. The summed E-state index contributed by atoms with van der Waals surface area (Å²) in [6.45, 7) is 0. The highest BCUT2D eigenvalue weighted by atomic mass is 32.2. The number of esters is 1. The molecule has 0 bridgehead atoms. The van der Waals surface area contributed by atoms with Crippen LogP contribution in [0.15, 0.2) is 52.9 Å². The zero-order chi connectivity index (χ0) is 20.7.